The molecular formula is C59H51F4N9O3. The van der Waals surface area contributed by atoms with Gasteiger partial charge in [-0.3, -0.25) is 14.6 Å². The topological polar surface area (TPSA) is 137 Å². The molecule has 12 nitrogen and oxygen atoms in total. The first kappa shape index (κ1) is 49.9. The van der Waals surface area contributed by atoms with Crippen LogP contribution < -0.4 is 0 Å². The fourth-order valence-electron chi connectivity index (χ4n) is 9.42. The van der Waals surface area contributed by atoms with Gasteiger partial charge in [-0.1, -0.05) is 24.3 Å². The molecule has 1 aliphatic heterocycles. The van der Waals surface area contributed by atoms with Gasteiger partial charge in [0.1, 0.15) is 28.9 Å². The molecule has 4 aromatic carbocycles. The Balaban J connectivity index is 0.000000176. The summed E-state index contributed by atoms with van der Waals surface area (Å²) in [5.74, 6) is -1.34. The average Bonchev–Trinajstić information content (AvgIpc) is 4.10. The maximum Gasteiger partial charge on any atom is 0.410 e. The number of aliphatic hydroxyl groups is 1. The van der Waals surface area contributed by atoms with Crippen molar-refractivity contribution in [2.75, 3.05) is 19.7 Å². The number of hydrogen-bond donors (Lipinski definition) is 1. The second-order valence-electron chi connectivity index (χ2n) is 19.1. The molecular weight excluding hydrogens is 959 g/mol. The lowest BCUT2D eigenvalue weighted by Gasteiger charge is -2.33. The van der Waals surface area contributed by atoms with Crippen molar-refractivity contribution in [2.45, 2.75) is 58.2 Å². The van der Waals surface area contributed by atoms with Crippen molar-refractivity contribution in [3.05, 3.63) is 182 Å². The summed E-state index contributed by atoms with van der Waals surface area (Å²) in [5.41, 5.74) is 10.1. The number of aliphatic hydroxyl groups excluding tert-OH is 1. The number of amides is 1. The van der Waals surface area contributed by atoms with Crippen LogP contribution in [0.4, 0.5) is 22.4 Å². The summed E-state index contributed by atoms with van der Waals surface area (Å²) in [6.07, 6.45) is 12.2. The highest BCUT2D eigenvalue weighted by molar-refractivity contribution is 6.07. The van der Waals surface area contributed by atoms with E-state index in [4.69, 9.17) is 19.8 Å². The van der Waals surface area contributed by atoms with Gasteiger partial charge in [-0.2, -0.15) is 10.2 Å². The zero-order valence-electron chi connectivity index (χ0n) is 41.3. The van der Waals surface area contributed by atoms with Crippen LogP contribution >= 0.6 is 0 Å². The Bertz CT molecular complexity index is 3600. The van der Waals surface area contributed by atoms with Crippen LogP contribution in [0.25, 0.3) is 89.1 Å². The SMILES string of the molecule is CC(C)(C)OC(=O)N1CCC(n2cc3c(-c4ccc(F)cc4)c(-c4ccncc4)c(-c4ccc(F)cc4)nc3n2)CC1.OCCCn1ncc2c(-c3ccc(F)cc3)c(-c3ccncc3)c(-c3ccc(F)cc3)nc21. The average molecular weight is 1010 g/mol. The summed E-state index contributed by atoms with van der Waals surface area (Å²) in [6, 6.07) is 32.7. The first-order chi connectivity index (χ1) is 36.3. The Morgan fingerprint density at radius 3 is 1.51 bits per heavy atom. The van der Waals surface area contributed by atoms with Gasteiger partial charge >= 0.3 is 6.09 Å². The molecule has 10 aromatic rings. The molecule has 7 heterocycles. The number of likely N-dealkylation sites (tertiary alicyclic amines) is 1. The number of carbonyl (C=O) groups excluding carboxylic acids is 1. The van der Waals surface area contributed by atoms with Gasteiger partial charge in [-0.05, 0) is 159 Å². The normalized spacial score (nSPS) is 13.0. The minimum atomic E-state index is -0.551. The van der Waals surface area contributed by atoms with Gasteiger partial charge in [0, 0.05) is 101 Å². The monoisotopic (exact) mass is 1010 g/mol. The molecule has 0 saturated carbocycles. The van der Waals surface area contributed by atoms with Crippen LogP contribution in [0.15, 0.2) is 159 Å². The molecule has 1 saturated heterocycles. The molecule has 378 valence electrons. The van der Waals surface area contributed by atoms with Gasteiger partial charge in [-0.15, -0.1) is 0 Å². The van der Waals surface area contributed by atoms with Crippen LogP contribution in [0.2, 0.25) is 0 Å². The summed E-state index contributed by atoms with van der Waals surface area (Å²) in [7, 11) is 0. The fourth-order valence-corrected chi connectivity index (χ4v) is 9.42. The molecule has 0 radical (unpaired) electrons. The van der Waals surface area contributed by atoms with Crippen LogP contribution in [0.1, 0.15) is 46.1 Å². The van der Waals surface area contributed by atoms with E-state index in [1.54, 1.807) is 89.1 Å². The first-order valence-electron chi connectivity index (χ1n) is 24.6. The number of aryl methyl sites for hydroxylation is 1. The zero-order valence-corrected chi connectivity index (χ0v) is 41.3. The molecule has 16 heteroatoms. The third kappa shape index (κ3) is 10.9. The largest absolute Gasteiger partial charge is 0.444 e. The van der Waals surface area contributed by atoms with E-state index in [2.05, 4.69) is 15.1 Å². The molecule has 0 unspecified atom stereocenters. The van der Waals surface area contributed by atoms with Crippen LogP contribution in [0.5, 0.6) is 0 Å². The van der Waals surface area contributed by atoms with Crippen LogP contribution in [-0.2, 0) is 11.3 Å². The molecule has 1 aliphatic rings. The molecule has 0 bridgehead atoms. The zero-order chi connectivity index (χ0) is 52.2. The molecule has 11 rings (SSSR count). The van der Waals surface area contributed by atoms with Crippen molar-refractivity contribution >= 4 is 28.2 Å². The van der Waals surface area contributed by atoms with Crippen molar-refractivity contribution in [1.82, 2.24) is 44.4 Å². The Labute approximate surface area is 430 Å². The second kappa shape index (κ2) is 21.5. The summed E-state index contributed by atoms with van der Waals surface area (Å²) in [5, 5.41) is 20.4. The van der Waals surface area contributed by atoms with E-state index in [9.17, 15) is 27.5 Å². The number of piperidine rings is 1. The van der Waals surface area contributed by atoms with Crippen molar-refractivity contribution in [2.24, 2.45) is 0 Å². The Morgan fingerprint density at radius 1 is 0.600 bits per heavy atom. The number of aromatic nitrogens is 8. The van der Waals surface area contributed by atoms with Crippen molar-refractivity contribution in [1.29, 1.82) is 0 Å². The van der Waals surface area contributed by atoms with Crippen molar-refractivity contribution in [3.8, 4) is 67.0 Å². The van der Waals surface area contributed by atoms with E-state index in [1.165, 1.54) is 48.5 Å². The minimum Gasteiger partial charge on any atom is -0.444 e. The second-order valence-corrected chi connectivity index (χ2v) is 19.1. The highest BCUT2D eigenvalue weighted by Gasteiger charge is 2.30. The Morgan fingerprint density at radius 2 is 1.04 bits per heavy atom. The lowest BCUT2D eigenvalue weighted by atomic mass is 9.89. The molecule has 0 spiro atoms. The van der Waals surface area contributed by atoms with E-state index in [-0.39, 0.29) is 42.0 Å². The van der Waals surface area contributed by atoms with E-state index >= 15 is 0 Å². The van der Waals surface area contributed by atoms with Crippen LogP contribution in [-0.4, -0.2) is 80.9 Å². The van der Waals surface area contributed by atoms with Crippen molar-refractivity contribution < 1.29 is 32.2 Å². The first-order valence-corrected chi connectivity index (χ1v) is 24.6. The number of rotatable bonds is 10. The van der Waals surface area contributed by atoms with Crippen molar-refractivity contribution in [3.63, 3.8) is 0 Å². The van der Waals surface area contributed by atoms with E-state index < -0.39 is 5.60 Å². The number of fused-ring (bicyclic) bond motifs is 2. The molecule has 1 N–H and O–H groups in total. The standard InChI is InChI=1S/C33H31F2N5O2.C26H20F2N4O/c1-33(2,3)42-32(41)39-18-14-26(15-19-39)40-20-27-28(21-4-8-24(34)9-5-21)29(22-12-16-36-17-13-22)30(37-31(27)38-40)23-6-10-25(35)11-7-23;27-20-6-2-17(3-7-20)23-22-16-30-32(14-1-15-33)26(22)31-25(19-4-8-21(28)9-5-19)24(23)18-10-12-29-13-11-18/h4-13,16-17,20,26H,14-15,18-19H2,1-3H3;2-13,16,33H,1,14-15H2. The predicted molar refractivity (Wildman–Crippen MR) is 281 cm³/mol. The quantitative estimate of drug-likeness (QED) is 0.133. The van der Waals surface area contributed by atoms with Gasteiger partial charge < -0.3 is 14.7 Å². The molecule has 0 aliphatic carbocycles. The molecule has 0 atom stereocenters. The van der Waals surface area contributed by atoms with Crippen LogP contribution in [0, 0.1) is 23.3 Å². The van der Waals surface area contributed by atoms with Crippen LogP contribution in [0.3, 0.4) is 0 Å². The Hall–Kier alpha value is -8.63. The number of pyridine rings is 4. The molecule has 1 fully saturated rings. The Kier molecular flexibility index (Phi) is 14.3. The fraction of sp³-hybridized carbons (Fsp3) is 0.203. The number of carbonyl (C=O) groups is 1. The summed E-state index contributed by atoms with van der Waals surface area (Å²) in [6.45, 7) is 7.21. The number of halogens is 4. The van der Waals surface area contributed by atoms with Gasteiger partial charge in [0.05, 0.1) is 23.6 Å². The third-order valence-corrected chi connectivity index (χ3v) is 12.9. The number of benzene rings is 4. The van der Waals surface area contributed by atoms with Gasteiger partial charge in [0.15, 0.2) is 11.3 Å². The summed E-state index contributed by atoms with van der Waals surface area (Å²) in [4.78, 5) is 32.7. The maximum absolute atomic E-state index is 14.0. The van der Waals surface area contributed by atoms with E-state index in [1.807, 2.05) is 55.9 Å². The maximum atomic E-state index is 14.0. The van der Waals surface area contributed by atoms with Gasteiger partial charge in [0.2, 0.25) is 0 Å². The lowest BCUT2D eigenvalue weighted by molar-refractivity contribution is 0.0185. The molecule has 75 heavy (non-hydrogen) atoms. The van der Waals surface area contributed by atoms with Gasteiger partial charge in [-0.25, -0.2) is 37.0 Å². The smallest absolute Gasteiger partial charge is 0.410 e. The number of nitrogens with zero attached hydrogens (tertiary/aromatic N) is 9. The number of hydrogen-bond acceptors (Lipinski definition) is 9. The lowest BCUT2D eigenvalue weighted by Crippen LogP contribution is -2.42. The summed E-state index contributed by atoms with van der Waals surface area (Å²) < 4.78 is 64.7. The summed E-state index contributed by atoms with van der Waals surface area (Å²) >= 11 is 0. The van der Waals surface area contributed by atoms with E-state index in [0.29, 0.717) is 61.6 Å². The third-order valence-electron chi connectivity index (χ3n) is 12.9. The number of ether oxygens (including phenoxy) is 1. The highest BCUT2D eigenvalue weighted by atomic mass is 19.1. The highest BCUT2D eigenvalue weighted by Crippen LogP contribution is 2.45. The van der Waals surface area contributed by atoms with E-state index in [0.717, 1.165) is 66.4 Å². The van der Waals surface area contributed by atoms with Gasteiger partial charge in [0.25, 0.3) is 0 Å². The minimum absolute atomic E-state index is 0.0338. The molecule has 1 amide bonds. The predicted octanol–water partition coefficient (Wildman–Crippen LogP) is 13.2. The molecule has 6 aromatic heterocycles.